The smallest absolute Gasteiger partial charge is 0.465 e. The maximum Gasteiger partial charge on any atom is 0.472 e. The highest BCUT2D eigenvalue weighted by Crippen LogP contribution is 2.38. The van der Waals surface area contributed by atoms with Crippen LogP contribution in [0.1, 0.15) is 0 Å². The molecule has 12 nitrogen and oxygen atoms in total. The van der Waals surface area contributed by atoms with Crippen LogP contribution in [0, 0.1) is 0 Å². The highest BCUT2D eigenvalue weighted by molar-refractivity contribution is 7.46. The van der Waals surface area contributed by atoms with Gasteiger partial charge in [-0.3, -0.25) is 4.79 Å². The number of anilines is 4. The third-order valence-electron chi connectivity index (χ3n) is 5.34. The summed E-state index contributed by atoms with van der Waals surface area (Å²) >= 11 is 6.39. The van der Waals surface area contributed by atoms with Gasteiger partial charge in [-0.1, -0.05) is 30.3 Å². The van der Waals surface area contributed by atoms with Crippen LogP contribution in [0.3, 0.4) is 0 Å². The van der Waals surface area contributed by atoms with Gasteiger partial charge in [0.25, 0.3) is 0 Å². The average molecular weight is 562 g/mol. The Morgan fingerprint density at radius 3 is 2.74 bits per heavy atom. The van der Waals surface area contributed by atoms with Crippen LogP contribution >= 0.6 is 19.4 Å². The van der Waals surface area contributed by atoms with Gasteiger partial charge in [-0.05, 0) is 36.4 Å². The number of amides is 1. The van der Waals surface area contributed by atoms with E-state index in [0.717, 1.165) is 0 Å². The first-order valence-corrected chi connectivity index (χ1v) is 13.3. The molecule has 0 spiro atoms. The van der Waals surface area contributed by atoms with Crippen molar-refractivity contribution in [1.82, 2.24) is 9.97 Å². The monoisotopic (exact) mass is 561 g/mol. The number of nitrogens with zero attached hydrogens (tertiary/aromatic N) is 3. The molecule has 200 valence electrons. The first kappa shape index (κ1) is 27.5. The molecular weight excluding hydrogens is 537 g/mol. The van der Waals surface area contributed by atoms with Gasteiger partial charge in [0, 0.05) is 30.0 Å². The highest BCUT2D eigenvalue weighted by atomic mass is 35.5. The van der Waals surface area contributed by atoms with Gasteiger partial charge in [0.2, 0.25) is 11.9 Å². The summed E-state index contributed by atoms with van der Waals surface area (Å²) in [4.78, 5) is 40.4. The number of carbonyl (C=O) groups is 1. The van der Waals surface area contributed by atoms with Crippen molar-refractivity contribution in [2.24, 2.45) is 0 Å². The lowest BCUT2D eigenvalue weighted by Gasteiger charge is -2.30. The molecule has 4 N–H and O–H groups in total. The first-order chi connectivity index (χ1) is 18.2. The van der Waals surface area contributed by atoms with E-state index in [1.165, 1.54) is 12.3 Å². The number of benzene rings is 2. The minimum Gasteiger partial charge on any atom is -0.465 e. The SMILES string of the molecule is C=CC(=O)Nc1cccc(-c2nc(Nc3ccc(OCOP(=O)(O)O)c(N4CCOCC4)c3)ncc2Cl)c1. The van der Waals surface area contributed by atoms with Crippen molar-refractivity contribution in [1.29, 1.82) is 0 Å². The van der Waals surface area contributed by atoms with E-state index in [-0.39, 0.29) is 11.9 Å². The van der Waals surface area contributed by atoms with Crippen molar-refractivity contribution in [2.45, 2.75) is 0 Å². The summed E-state index contributed by atoms with van der Waals surface area (Å²) < 4.78 is 26.4. The molecule has 1 aliphatic rings. The van der Waals surface area contributed by atoms with Gasteiger partial charge < -0.3 is 34.8 Å². The van der Waals surface area contributed by atoms with Gasteiger partial charge in [-0.15, -0.1) is 0 Å². The van der Waals surface area contributed by atoms with Crippen LogP contribution in [-0.4, -0.2) is 58.8 Å². The Balaban J connectivity index is 1.58. The van der Waals surface area contributed by atoms with Crippen molar-refractivity contribution in [3.05, 3.63) is 66.3 Å². The number of hydrogen-bond donors (Lipinski definition) is 4. The van der Waals surface area contributed by atoms with E-state index in [2.05, 4.69) is 31.7 Å². The molecule has 14 heteroatoms. The molecule has 4 rings (SSSR count). The summed E-state index contributed by atoms with van der Waals surface area (Å²) in [6, 6.07) is 12.2. The second-order valence-electron chi connectivity index (χ2n) is 7.95. The fourth-order valence-corrected chi connectivity index (χ4v) is 4.01. The Morgan fingerprint density at radius 2 is 2.00 bits per heavy atom. The van der Waals surface area contributed by atoms with E-state index in [0.29, 0.717) is 65.4 Å². The van der Waals surface area contributed by atoms with Crippen LogP contribution < -0.4 is 20.3 Å². The Morgan fingerprint density at radius 1 is 1.21 bits per heavy atom. The van der Waals surface area contributed by atoms with Crippen LogP contribution in [-0.2, 0) is 18.6 Å². The van der Waals surface area contributed by atoms with Gasteiger partial charge >= 0.3 is 7.82 Å². The number of aromatic nitrogens is 2. The molecule has 0 atom stereocenters. The Kier molecular flexibility index (Phi) is 8.95. The van der Waals surface area contributed by atoms with Crippen molar-refractivity contribution in [2.75, 3.05) is 48.6 Å². The standard InChI is InChI=1S/C24H25ClN5O7P/c1-2-22(31)27-17-5-3-4-16(12-17)23-19(25)14-26-24(29-23)28-18-6-7-21(36-15-37-38(32,33)34)20(13-18)30-8-10-35-11-9-30/h2-7,12-14H,1,8-11,15H2,(H,27,31)(H,26,28,29)(H2,32,33,34). The first-order valence-electron chi connectivity index (χ1n) is 11.3. The Bertz CT molecular complexity index is 1360. The minimum atomic E-state index is -4.67. The quantitative estimate of drug-likeness (QED) is 0.161. The molecule has 2 heterocycles. The number of nitrogens with one attached hydrogen (secondary N) is 2. The van der Waals surface area contributed by atoms with Gasteiger partial charge in [0.15, 0.2) is 6.79 Å². The number of phosphoric acid groups is 1. The van der Waals surface area contributed by atoms with Crippen LogP contribution in [0.15, 0.2) is 61.3 Å². The second-order valence-corrected chi connectivity index (χ2v) is 9.60. The molecule has 1 amide bonds. The van der Waals surface area contributed by atoms with Crippen molar-refractivity contribution < 1.29 is 33.1 Å². The largest absolute Gasteiger partial charge is 0.472 e. The topological polar surface area (TPSA) is 155 Å². The lowest BCUT2D eigenvalue weighted by molar-refractivity contribution is -0.111. The van der Waals surface area contributed by atoms with Gasteiger partial charge in [0.05, 0.1) is 35.8 Å². The predicted octanol–water partition coefficient (Wildman–Crippen LogP) is 3.95. The molecule has 0 unspecified atom stereocenters. The summed E-state index contributed by atoms with van der Waals surface area (Å²) in [5.41, 5.74) is 3.00. The summed E-state index contributed by atoms with van der Waals surface area (Å²) in [5.74, 6) is 0.313. The van der Waals surface area contributed by atoms with E-state index in [9.17, 15) is 9.36 Å². The minimum absolute atomic E-state index is 0.274. The molecule has 0 radical (unpaired) electrons. The number of carbonyl (C=O) groups excluding carboxylic acids is 1. The van der Waals surface area contributed by atoms with Crippen LogP contribution in [0.25, 0.3) is 11.3 Å². The summed E-state index contributed by atoms with van der Waals surface area (Å²) in [6.07, 6.45) is 2.65. The highest BCUT2D eigenvalue weighted by Gasteiger charge is 2.19. The van der Waals surface area contributed by atoms with E-state index in [1.54, 1.807) is 36.4 Å². The Hall–Kier alpha value is -3.51. The predicted molar refractivity (Wildman–Crippen MR) is 143 cm³/mol. The molecule has 1 saturated heterocycles. The normalized spacial score (nSPS) is 13.6. The zero-order chi connectivity index (χ0) is 27.1. The number of phosphoric ester groups is 1. The molecule has 38 heavy (non-hydrogen) atoms. The van der Waals surface area contributed by atoms with Crippen LogP contribution in [0.2, 0.25) is 5.02 Å². The maximum atomic E-state index is 11.7. The van der Waals surface area contributed by atoms with E-state index in [4.69, 9.17) is 30.9 Å². The lowest BCUT2D eigenvalue weighted by Crippen LogP contribution is -2.36. The molecule has 1 aromatic heterocycles. The molecule has 1 fully saturated rings. The van der Waals surface area contributed by atoms with E-state index < -0.39 is 14.6 Å². The summed E-state index contributed by atoms with van der Waals surface area (Å²) in [7, 11) is -4.67. The number of hydrogen-bond acceptors (Lipinski definition) is 9. The molecule has 0 bridgehead atoms. The number of morpholine rings is 1. The van der Waals surface area contributed by atoms with Crippen molar-refractivity contribution in [3.63, 3.8) is 0 Å². The molecular formula is C24H25ClN5O7P. The average Bonchev–Trinajstić information content (AvgIpc) is 2.90. The maximum absolute atomic E-state index is 11.7. The Labute approximate surface area is 223 Å². The van der Waals surface area contributed by atoms with Gasteiger partial charge in [0.1, 0.15) is 5.75 Å². The molecule has 1 aliphatic heterocycles. The molecule has 0 saturated carbocycles. The molecule has 0 aliphatic carbocycles. The number of rotatable bonds is 10. The molecule has 2 aromatic carbocycles. The second kappa shape index (κ2) is 12.4. The fraction of sp³-hybridized carbons (Fsp3) is 0.208. The lowest BCUT2D eigenvalue weighted by atomic mass is 10.1. The van der Waals surface area contributed by atoms with Gasteiger partial charge in [-0.2, -0.15) is 0 Å². The van der Waals surface area contributed by atoms with E-state index in [1.807, 2.05) is 11.0 Å². The number of ether oxygens (including phenoxy) is 2. The van der Waals surface area contributed by atoms with E-state index >= 15 is 0 Å². The van der Waals surface area contributed by atoms with Crippen LogP contribution in [0.4, 0.5) is 23.0 Å². The van der Waals surface area contributed by atoms with Gasteiger partial charge in [-0.25, -0.2) is 19.1 Å². The van der Waals surface area contributed by atoms with Crippen LogP contribution in [0.5, 0.6) is 5.75 Å². The molecule has 3 aromatic rings. The zero-order valence-electron chi connectivity index (χ0n) is 20.0. The van der Waals surface area contributed by atoms with Crippen molar-refractivity contribution in [3.8, 4) is 17.0 Å². The third kappa shape index (κ3) is 7.51. The zero-order valence-corrected chi connectivity index (χ0v) is 21.7. The third-order valence-corrected chi connectivity index (χ3v) is 6.05. The fourth-order valence-electron chi connectivity index (χ4n) is 3.62. The number of halogens is 1. The summed E-state index contributed by atoms with van der Waals surface area (Å²) in [6.45, 7) is 5.06. The summed E-state index contributed by atoms with van der Waals surface area (Å²) in [5, 5.41) is 6.18. The van der Waals surface area contributed by atoms with Crippen molar-refractivity contribution >= 4 is 48.3 Å².